The fraction of sp³-hybridized carbons (Fsp3) is 0. The highest BCUT2D eigenvalue weighted by atomic mass is 16.3. The first-order valence-electron chi connectivity index (χ1n) is 4.50. The van der Waals surface area contributed by atoms with E-state index < -0.39 is 0 Å². The van der Waals surface area contributed by atoms with Gasteiger partial charge in [0, 0.05) is 11.9 Å². The summed E-state index contributed by atoms with van der Waals surface area (Å²) in [5.41, 5.74) is 1.29. The lowest BCUT2D eigenvalue weighted by Crippen LogP contribution is -1.91. The van der Waals surface area contributed by atoms with Crippen LogP contribution in [0.15, 0.2) is 53.8 Å². The zero-order valence-electron chi connectivity index (χ0n) is 7.92. The van der Waals surface area contributed by atoms with Gasteiger partial charge >= 0.3 is 0 Å². The van der Waals surface area contributed by atoms with Crippen molar-refractivity contribution < 1.29 is 0 Å². The number of rotatable bonds is 3. The maximum absolute atomic E-state index is 10.2. The van der Waals surface area contributed by atoms with Gasteiger partial charge in [-0.15, -0.1) is 4.91 Å². The Balaban J connectivity index is 2.15. The van der Waals surface area contributed by atoms with E-state index in [0.717, 1.165) is 11.5 Å². The largest absolute Gasteiger partial charge is 0.340 e. The normalized spacial score (nSPS) is 9.60. The van der Waals surface area contributed by atoms with Crippen molar-refractivity contribution in [2.24, 2.45) is 5.18 Å². The number of nitrogens with one attached hydrogen (secondary N) is 1. The molecule has 1 aromatic carbocycles. The van der Waals surface area contributed by atoms with Gasteiger partial charge in [0.25, 0.3) is 0 Å². The quantitative estimate of drug-likeness (QED) is 0.772. The van der Waals surface area contributed by atoms with Crippen LogP contribution < -0.4 is 5.32 Å². The number of nitroso groups, excluding NO2 is 1. The summed E-state index contributed by atoms with van der Waals surface area (Å²) in [6.45, 7) is 0. The maximum atomic E-state index is 10.2. The molecule has 2 rings (SSSR count). The van der Waals surface area contributed by atoms with Gasteiger partial charge in [0.2, 0.25) is 0 Å². The van der Waals surface area contributed by atoms with Crippen LogP contribution in [0.1, 0.15) is 0 Å². The smallest absolute Gasteiger partial charge is 0.130 e. The van der Waals surface area contributed by atoms with Crippen LogP contribution in [-0.4, -0.2) is 4.98 Å². The van der Waals surface area contributed by atoms with Crippen molar-refractivity contribution in [2.45, 2.75) is 0 Å². The minimum atomic E-state index is 0.418. The second-order valence-electron chi connectivity index (χ2n) is 2.98. The Labute approximate surface area is 87.0 Å². The Kier molecular flexibility index (Phi) is 2.69. The van der Waals surface area contributed by atoms with E-state index in [1.165, 1.54) is 0 Å². The van der Waals surface area contributed by atoms with Crippen LogP contribution in [0.4, 0.5) is 17.2 Å². The molecule has 2 aromatic rings. The van der Waals surface area contributed by atoms with E-state index in [0.29, 0.717) is 5.69 Å². The van der Waals surface area contributed by atoms with E-state index in [2.05, 4.69) is 15.5 Å². The molecule has 0 spiro atoms. The molecule has 0 radical (unpaired) electrons. The van der Waals surface area contributed by atoms with Crippen molar-refractivity contribution in [1.82, 2.24) is 4.98 Å². The van der Waals surface area contributed by atoms with Crippen molar-refractivity contribution in [2.75, 3.05) is 5.32 Å². The van der Waals surface area contributed by atoms with Gasteiger partial charge in [0.1, 0.15) is 11.5 Å². The molecule has 4 heteroatoms. The highest BCUT2D eigenvalue weighted by molar-refractivity contribution is 5.58. The standard InChI is InChI=1S/C11H9N3O/c15-14-10-6-4-9(5-7-10)13-11-3-1-2-8-12-11/h1-8H,(H,12,13). The molecule has 0 amide bonds. The average molecular weight is 199 g/mol. The zero-order valence-corrected chi connectivity index (χ0v) is 7.92. The number of hydrogen-bond acceptors (Lipinski definition) is 4. The van der Waals surface area contributed by atoms with Crippen LogP contribution in [0.2, 0.25) is 0 Å². The fourth-order valence-electron chi connectivity index (χ4n) is 1.19. The molecule has 0 aliphatic heterocycles. The molecule has 0 saturated carbocycles. The molecule has 0 atom stereocenters. The molecular formula is C11H9N3O. The number of pyridine rings is 1. The molecule has 1 aromatic heterocycles. The van der Waals surface area contributed by atoms with Crippen molar-refractivity contribution in [1.29, 1.82) is 0 Å². The molecule has 15 heavy (non-hydrogen) atoms. The van der Waals surface area contributed by atoms with E-state index >= 15 is 0 Å². The summed E-state index contributed by atoms with van der Waals surface area (Å²) < 4.78 is 0. The van der Waals surface area contributed by atoms with E-state index in [1.54, 1.807) is 30.5 Å². The molecule has 1 N–H and O–H groups in total. The Morgan fingerprint density at radius 2 is 1.87 bits per heavy atom. The Morgan fingerprint density at radius 3 is 2.47 bits per heavy atom. The summed E-state index contributed by atoms with van der Waals surface area (Å²) >= 11 is 0. The minimum Gasteiger partial charge on any atom is -0.340 e. The van der Waals surface area contributed by atoms with E-state index in [-0.39, 0.29) is 0 Å². The number of nitrogens with zero attached hydrogens (tertiary/aromatic N) is 2. The third kappa shape index (κ3) is 2.37. The van der Waals surface area contributed by atoms with E-state index in [4.69, 9.17) is 0 Å². The highest BCUT2D eigenvalue weighted by Gasteiger charge is 1.95. The van der Waals surface area contributed by atoms with Gasteiger partial charge < -0.3 is 5.32 Å². The first-order valence-corrected chi connectivity index (χ1v) is 4.50. The second-order valence-corrected chi connectivity index (χ2v) is 2.98. The van der Waals surface area contributed by atoms with Crippen molar-refractivity contribution in [3.8, 4) is 0 Å². The maximum Gasteiger partial charge on any atom is 0.130 e. The predicted octanol–water partition coefficient (Wildman–Crippen LogP) is 3.22. The zero-order chi connectivity index (χ0) is 10.5. The van der Waals surface area contributed by atoms with Gasteiger partial charge in [0.05, 0.1) is 0 Å². The van der Waals surface area contributed by atoms with Crippen molar-refractivity contribution in [3.63, 3.8) is 0 Å². The summed E-state index contributed by atoms with van der Waals surface area (Å²) in [4.78, 5) is 14.3. The molecule has 0 unspecified atom stereocenters. The fourth-order valence-corrected chi connectivity index (χ4v) is 1.19. The van der Waals surface area contributed by atoms with Crippen LogP contribution in [0.25, 0.3) is 0 Å². The Bertz CT molecular complexity index is 439. The van der Waals surface area contributed by atoms with Gasteiger partial charge in [-0.2, -0.15) is 0 Å². The van der Waals surface area contributed by atoms with Crippen LogP contribution in [0, 0.1) is 4.91 Å². The van der Waals surface area contributed by atoms with Crippen molar-refractivity contribution in [3.05, 3.63) is 53.6 Å². The molecule has 0 fully saturated rings. The predicted molar refractivity (Wildman–Crippen MR) is 59.4 cm³/mol. The number of benzene rings is 1. The first kappa shape index (κ1) is 9.33. The van der Waals surface area contributed by atoms with Crippen LogP contribution in [-0.2, 0) is 0 Å². The molecule has 1 heterocycles. The van der Waals surface area contributed by atoms with Gasteiger partial charge in [0.15, 0.2) is 0 Å². The molecule has 74 valence electrons. The monoisotopic (exact) mass is 199 g/mol. The van der Waals surface area contributed by atoms with E-state index in [9.17, 15) is 4.91 Å². The summed E-state index contributed by atoms with van der Waals surface area (Å²) in [5.74, 6) is 0.768. The lowest BCUT2D eigenvalue weighted by Gasteiger charge is -2.04. The van der Waals surface area contributed by atoms with Crippen LogP contribution in [0.5, 0.6) is 0 Å². The Morgan fingerprint density at radius 1 is 1.07 bits per heavy atom. The summed E-state index contributed by atoms with van der Waals surface area (Å²) in [5, 5.41) is 5.93. The number of aromatic nitrogens is 1. The molecule has 4 nitrogen and oxygen atoms in total. The van der Waals surface area contributed by atoms with Gasteiger partial charge in [-0.25, -0.2) is 4.98 Å². The SMILES string of the molecule is O=Nc1ccc(Nc2ccccn2)cc1. The van der Waals surface area contributed by atoms with Crippen LogP contribution >= 0.6 is 0 Å². The van der Waals surface area contributed by atoms with Crippen molar-refractivity contribution >= 4 is 17.2 Å². The third-order valence-electron chi connectivity index (χ3n) is 1.91. The van der Waals surface area contributed by atoms with Gasteiger partial charge in [-0.05, 0) is 41.6 Å². The summed E-state index contributed by atoms with van der Waals surface area (Å²) in [6, 6.07) is 12.5. The summed E-state index contributed by atoms with van der Waals surface area (Å²) in [7, 11) is 0. The molecular weight excluding hydrogens is 190 g/mol. The summed E-state index contributed by atoms with van der Waals surface area (Å²) in [6.07, 6.45) is 1.71. The van der Waals surface area contributed by atoms with E-state index in [1.807, 2.05) is 18.2 Å². The second kappa shape index (κ2) is 4.32. The number of hydrogen-bond donors (Lipinski definition) is 1. The van der Waals surface area contributed by atoms with Gasteiger partial charge in [-0.3, -0.25) is 0 Å². The molecule has 0 saturated heterocycles. The van der Waals surface area contributed by atoms with Gasteiger partial charge in [-0.1, -0.05) is 6.07 Å². The molecule has 0 bridgehead atoms. The molecule has 0 aliphatic carbocycles. The Hall–Kier alpha value is -2.23. The third-order valence-corrected chi connectivity index (χ3v) is 1.91. The minimum absolute atomic E-state index is 0.418. The topological polar surface area (TPSA) is 54.4 Å². The highest BCUT2D eigenvalue weighted by Crippen LogP contribution is 2.18. The first-order chi connectivity index (χ1) is 7.38. The molecule has 0 aliphatic rings. The number of anilines is 2. The van der Waals surface area contributed by atoms with Crippen LogP contribution in [0.3, 0.4) is 0 Å². The lowest BCUT2D eigenvalue weighted by molar-refractivity contribution is 1.31. The lowest BCUT2D eigenvalue weighted by atomic mass is 10.3. The average Bonchev–Trinajstić information content (AvgIpc) is 2.31.